The van der Waals surface area contributed by atoms with Crippen molar-refractivity contribution in [1.29, 1.82) is 5.26 Å². The Morgan fingerprint density at radius 3 is 2.52 bits per heavy atom. The lowest BCUT2D eigenvalue weighted by Crippen LogP contribution is -2.41. The van der Waals surface area contributed by atoms with Gasteiger partial charge < -0.3 is 19.3 Å². The summed E-state index contributed by atoms with van der Waals surface area (Å²) in [7, 11) is 0. The van der Waals surface area contributed by atoms with E-state index in [2.05, 4.69) is 10.6 Å². The lowest BCUT2D eigenvalue weighted by atomic mass is 10.1. The molecule has 1 aromatic heterocycles. The third kappa shape index (κ3) is 3.32. The van der Waals surface area contributed by atoms with Gasteiger partial charge in [-0.3, -0.25) is 0 Å². The molecule has 6 heteroatoms. The molecule has 1 saturated heterocycles. The first-order valence-corrected chi connectivity index (χ1v) is 8.91. The summed E-state index contributed by atoms with van der Waals surface area (Å²) in [6, 6.07) is 17.6. The van der Waals surface area contributed by atoms with Crippen LogP contribution in [0.15, 0.2) is 54.7 Å². The van der Waals surface area contributed by atoms with E-state index in [1.807, 2.05) is 42.6 Å². The molecule has 4 rings (SSSR count). The topological polar surface area (TPSA) is 78.5 Å². The summed E-state index contributed by atoms with van der Waals surface area (Å²) in [6.45, 7) is 1.00. The monoisotopic (exact) mass is 361 g/mol. The first-order chi connectivity index (χ1) is 13.2. The van der Waals surface area contributed by atoms with Crippen LogP contribution in [0.5, 0.6) is 5.75 Å². The van der Waals surface area contributed by atoms with Crippen LogP contribution in [0.25, 0.3) is 16.6 Å². The summed E-state index contributed by atoms with van der Waals surface area (Å²) in [5, 5.41) is 19.0. The van der Waals surface area contributed by atoms with Crippen molar-refractivity contribution in [2.45, 2.75) is 18.9 Å². The molecule has 2 aromatic carbocycles. The van der Waals surface area contributed by atoms with E-state index < -0.39 is 6.09 Å². The number of nitrogens with zero attached hydrogens (tertiary/aromatic N) is 3. The normalized spacial score (nSPS) is 14.9. The number of carbonyl (C=O) groups is 1. The Morgan fingerprint density at radius 1 is 1.11 bits per heavy atom. The summed E-state index contributed by atoms with van der Waals surface area (Å²) in [6.07, 6.45) is 2.53. The fourth-order valence-corrected chi connectivity index (χ4v) is 3.51. The maximum absolute atomic E-state index is 11.0. The van der Waals surface area contributed by atoms with Gasteiger partial charge in [-0.25, -0.2) is 4.79 Å². The van der Waals surface area contributed by atoms with Crippen molar-refractivity contribution in [2.75, 3.05) is 13.1 Å². The Hall–Kier alpha value is -3.46. The molecule has 1 N–H and O–H groups in total. The molecule has 136 valence electrons. The van der Waals surface area contributed by atoms with Crippen LogP contribution in [0.2, 0.25) is 0 Å². The maximum atomic E-state index is 11.0. The number of likely N-dealkylation sites (tertiary alicyclic amines) is 1. The smallest absolute Gasteiger partial charge is 0.407 e. The van der Waals surface area contributed by atoms with E-state index in [9.17, 15) is 4.79 Å². The highest BCUT2D eigenvalue weighted by Crippen LogP contribution is 2.30. The van der Waals surface area contributed by atoms with Crippen LogP contribution < -0.4 is 4.74 Å². The van der Waals surface area contributed by atoms with Gasteiger partial charge in [0, 0.05) is 43.2 Å². The highest BCUT2D eigenvalue weighted by Gasteiger charge is 2.24. The Kier molecular flexibility index (Phi) is 4.43. The molecular formula is C21H19N3O3. The minimum absolute atomic E-state index is 0.0180. The largest absolute Gasteiger partial charge is 0.490 e. The standard InChI is InChI=1S/C21H19N3O3/c22-14-15-4-6-16(7-5-15)24-13-10-18-19(24)2-1-3-20(18)27-17-8-11-23(12-9-17)21(25)26/h1-7,10,13,17H,8-9,11-12H2,(H,25,26). The zero-order valence-electron chi connectivity index (χ0n) is 14.7. The van der Waals surface area contributed by atoms with Crippen molar-refractivity contribution in [3.63, 3.8) is 0 Å². The molecule has 0 aliphatic carbocycles. The van der Waals surface area contributed by atoms with Crippen molar-refractivity contribution >= 4 is 17.0 Å². The van der Waals surface area contributed by atoms with Gasteiger partial charge in [0.05, 0.1) is 17.1 Å². The molecule has 0 unspecified atom stereocenters. The Morgan fingerprint density at radius 2 is 1.85 bits per heavy atom. The Bertz CT molecular complexity index is 1010. The van der Waals surface area contributed by atoms with Crippen molar-refractivity contribution in [1.82, 2.24) is 9.47 Å². The van der Waals surface area contributed by atoms with Gasteiger partial charge in [0.15, 0.2) is 0 Å². The Balaban J connectivity index is 1.57. The lowest BCUT2D eigenvalue weighted by molar-refractivity contribution is 0.0902. The first-order valence-electron chi connectivity index (χ1n) is 8.91. The van der Waals surface area contributed by atoms with Crippen LogP contribution >= 0.6 is 0 Å². The van der Waals surface area contributed by atoms with Crippen LogP contribution in [0.4, 0.5) is 4.79 Å². The summed E-state index contributed by atoms with van der Waals surface area (Å²) >= 11 is 0. The second-order valence-electron chi connectivity index (χ2n) is 6.62. The van der Waals surface area contributed by atoms with Crippen LogP contribution in [0, 0.1) is 11.3 Å². The quantitative estimate of drug-likeness (QED) is 0.764. The number of nitriles is 1. The third-order valence-electron chi connectivity index (χ3n) is 4.97. The molecule has 0 bridgehead atoms. The van der Waals surface area contributed by atoms with Gasteiger partial charge in [0.2, 0.25) is 0 Å². The molecule has 1 amide bonds. The molecule has 1 fully saturated rings. The second kappa shape index (κ2) is 7.04. The summed E-state index contributed by atoms with van der Waals surface area (Å²) in [5.74, 6) is 0.814. The van der Waals surface area contributed by atoms with Gasteiger partial charge in [-0.05, 0) is 42.5 Å². The van der Waals surface area contributed by atoms with Crippen LogP contribution in [0.1, 0.15) is 18.4 Å². The van der Waals surface area contributed by atoms with Gasteiger partial charge in [0.1, 0.15) is 11.9 Å². The Labute approximate surface area is 156 Å². The molecule has 0 radical (unpaired) electrons. The van der Waals surface area contributed by atoms with E-state index in [1.54, 1.807) is 12.1 Å². The van der Waals surface area contributed by atoms with Gasteiger partial charge in [-0.1, -0.05) is 6.07 Å². The third-order valence-corrected chi connectivity index (χ3v) is 4.97. The van der Waals surface area contributed by atoms with Gasteiger partial charge >= 0.3 is 6.09 Å². The van der Waals surface area contributed by atoms with E-state index in [-0.39, 0.29) is 6.10 Å². The molecule has 1 aliphatic rings. The van der Waals surface area contributed by atoms with Gasteiger partial charge in [-0.15, -0.1) is 0 Å². The number of piperidine rings is 1. The predicted molar refractivity (Wildman–Crippen MR) is 101 cm³/mol. The molecule has 2 heterocycles. The number of rotatable bonds is 3. The van der Waals surface area contributed by atoms with Gasteiger partial charge in [0.25, 0.3) is 0 Å². The molecule has 27 heavy (non-hydrogen) atoms. The highest BCUT2D eigenvalue weighted by atomic mass is 16.5. The van der Waals surface area contributed by atoms with Crippen LogP contribution in [0.3, 0.4) is 0 Å². The number of aromatic nitrogens is 1. The molecule has 6 nitrogen and oxygen atoms in total. The number of ether oxygens (including phenoxy) is 1. The van der Waals surface area contributed by atoms with E-state index >= 15 is 0 Å². The van der Waals surface area contributed by atoms with E-state index in [4.69, 9.17) is 15.1 Å². The number of benzene rings is 2. The fourth-order valence-electron chi connectivity index (χ4n) is 3.51. The average molecular weight is 361 g/mol. The zero-order valence-corrected chi connectivity index (χ0v) is 14.7. The molecule has 0 atom stereocenters. The van der Waals surface area contributed by atoms with Crippen molar-refractivity contribution in [2.24, 2.45) is 0 Å². The second-order valence-corrected chi connectivity index (χ2v) is 6.62. The average Bonchev–Trinajstić information content (AvgIpc) is 3.14. The SMILES string of the molecule is N#Cc1ccc(-n2ccc3c(OC4CCN(C(=O)O)CC4)cccc32)cc1. The lowest BCUT2D eigenvalue weighted by Gasteiger charge is -2.30. The van der Waals surface area contributed by atoms with Crippen molar-refractivity contribution < 1.29 is 14.6 Å². The predicted octanol–water partition coefficient (Wildman–Crippen LogP) is 4.02. The molecular weight excluding hydrogens is 342 g/mol. The highest BCUT2D eigenvalue weighted by molar-refractivity contribution is 5.88. The molecule has 1 aliphatic heterocycles. The van der Waals surface area contributed by atoms with Crippen molar-refractivity contribution in [3.05, 3.63) is 60.3 Å². The zero-order chi connectivity index (χ0) is 18.8. The number of hydrogen-bond donors (Lipinski definition) is 1. The van der Waals surface area contributed by atoms with Crippen LogP contribution in [-0.4, -0.2) is 39.9 Å². The van der Waals surface area contributed by atoms with E-state index in [0.717, 1.165) is 22.3 Å². The van der Waals surface area contributed by atoms with Crippen molar-refractivity contribution in [3.8, 4) is 17.5 Å². The number of amides is 1. The molecule has 3 aromatic rings. The fraction of sp³-hybridized carbons (Fsp3) is 0.238. The maximum Gasteiger partial charge on any atom is 0.407 e. The molecule has 0 spiro atoms. The van der Waals surface area contributed by atoms with E-state index in [1.165, 1.54) is 4.90 Å². The van der Waals surface area contributed by atoms with E-state index in [0.29, 0.717) is 31.5 Å². The minimum atomic E-state index is -0.866. The number of carboxylic acid groups (broad SMARTS) is 1. The summed E-state index contributed by atoms with van der Waals surface area (Å²) in [5.41, 5.74) is 2.64. The summed E-state index contributed by atoms with van der Waals surface area (Å²) < 4.78 is 8.27. The summed E-state index contributed by atoms with van der Waals surface area (Å²) in [4.78, 5) is 12.5. The van der Waals surface area contributed by atoms with Crippen LogP contribution in [-0.2, 0) is 0 Å². The minimum Gasteiger partial charge on any atom is -0.490 e. The number of fused-ring (bicyclic) bond motifs is 1. The first kappa shape index (κ1) is 17.0. The molecule has 0 saturated carbocycles. The number of hydrogen-bond acceptors (Lipinski definition) is 3. The van der Waals surface area contributed by atoms with Gasteiger partial charge in [-0.2, -0.15) is 5.26 Å².